The number of benzene rings is 6. The summed E-state index contributed by atoms with van der Waals surface area (Å²) in [4.78, 5) is 0. The van der Waals surface area contributed by atoms with Gasteiger partial charge < -0.3 is 27.8 Å². The summed E-state index contributed by atoms with van der Waals surface area (Å²) in [5.74, 6) is 0. The number of hydrogen-bond donors (Lipinski definition) is 0. The topological polar surface area (TPSA) is 46.8 Å². The van der Waals surface area contributed by atoms with Crippen molar-refractivity contribution in [3.63, 3.8) is 0 Å². The highest BCUT2D eigenvalue weighted by atomic mass is 16.7. The second-order valence-electron chi connectivity index (χ2n) is 17.1. The highest BCUT2D eigenvalue weighted by Gasteiger charge is 2.52. The normalized spacial score (nSPS) is 18.2. The van der Waals surface area contributed by atoms with Gasteiger partial charge in [0.05, 0.1) is 44.5 Å². The fourth-order valence-electron chi connectivity index (χ4n) is 7.94. The second kappa shape index (κ2) is 13.2. The van der Waals surface area contributed by atoms with Crippen LogP contribution >= 0.6 is 0 Å². The molecular weight excluding hydrogens is 690 g/mol. The van der Waals surface area contributed by atoms with Crippen LogP contribution in [0.3, 0.4) is 0 Å². The number of para-hydroxylation sites is 4. The summed E-state index contributed by atoms with van der Waals surface area (Å²) in [6.45, 7) is 16.7. The molecule has 8 heteroatoms. The molecule has 2 aromatic heterocycles. The minimum atomic E-state index is -0.353. The Labute approximate surface area is 330 Å². The van der Waals surface area contributed by atoms with Gasteiger partial charge in [-0.25, -0.2) is 0 Å². The van der Waals surface area contributed by atoms with Crippen molar-refractivity contribution in [3.05, 3.63) is 146 Å². The molecule has 0 aliphatic carbocycles. The number of rotatable bonds is 4. The third-order valence-electron chi connectivity index (χ3n) is 12.5. The van der Waals surface area contributed by atoms with Crippen molar-refractivity contribution in [1.82, 2.24) is 9.13 Å². The molecule has 8 aromatic rings. The van der Waals surface area contributed by atoms with Crippen LogP contribution in [0.25, 0.3) is 55.0 Å². The smallest absolute Gasteiger partial charge is 0.399 e. The van der Waals surface area contributed by atoms with E-state index in [1.54, 1.807) is 0 Å². The van der Waals surface area contributed by atoms with Crippen LogP contribution in [0.1, 0.15) is 55.4 Å². The fraction of sp³-hybridized carbons (Fsp3) is 0.250. The largest absolute Gasteiger partial charge is 0.494 e. The molecule has 2 aliphatic rings. The van der Waals surface area contributed by atoms with Gasteiger partial charge in [-0.2, -0.15) is 0 Å². The Hall–Kier alpha value is -5.11. The van der Waals surface area contributed by atoms with E-state index in [4.69, 9.17) is 18.6 Å². The number of aromatic nitrogens is 2. The molecule has 4 heterocycles. The van der Waals surface area contributed by atoms with Gasteiger partial charge in [0.1, 0.15) is 0 Å². The monoisotopic (exact) mass is 738 g/mol. The van der Waals surface area contributed by atoms with Crippen LogP contribution in [0.5, 0.6) is 0 Å². The van der Waals surface area contributed by atoms with Crippen LogP contribution < -0.4 is 10.9 Å². The summed E-state index contributed by atoms with van der Waals surface area (Å²) in [7, 11) is -0.707. The van der Waals surface area contributed by atoms with Gasteiger partial charge in [0.25, 0.3) is 0 Å². The van der Waals surface area contributed by atoms with Gasteiger partial charge in [-0.3, -0.25) is 0 Å². The Bertz CT molecular complexity index is 2510. The minimum absolute atomic E-state index is 0.343. The molecule has 2 aliphatic heterocycles. The molecule has 6 aromatic carbocycles. The number of nitrogens with zero attached hydrogens (tertiary/aromatic N) is 2. The van der Waals surface area contributed by atoms with Crippen LogP contribution in [-0.2, 0) is 18.6 Å². The maximum absolute atomic E-state index is 6.27. The lowest BCUT2D eigenvalue weighted by atomic mass is 9.78. The minimum Gasteiger partial charge on any atom is -0.399 e. The first-order valence-corrected chi connectivity index (χ1v) is 19.6. The van der Waals surface area contributed by atoms with E-state index in [9.17, 15) is 0 Å². The quantitative estimate of drug-likeness (QED) is 0.169. The van der Waals surface area contributed by atoms with Crippen molar-refractivity contribution in [2.45, 2.75) is 77.8 Å². The molecule has 0 amide bonds. The Morgan fingerprint density at radius 2 is 0.643 bits per heavy atom. The third-order valence-corrected chi connectivity index (χ3v) is 12.5. The van der Waals surface area contributed by atoms with Crippen molar-refractivity contribution in [3.8, 4) is 11.4 Å². The van der Waals surface area contributed by atoms with Crippen LogP contribution in [0.2, 0.25) is 0 Å². The summed E-state index contributed by atoms with van der Waals surface area (Å²) in [5.41, 5.74) is 7.85. The van der Waals surface area contributed by atoms with Gasteiger partial charge in [0.2, 0.25) is 0 Å². The fourth-order valence-corrected chi connectivity index (χ4v) is 7.94. The van der Waals surface area contributed by atoms with Crippen molar-refractivity contribution in [2.75, 3.05) is 0 Å². The highest BCUT2D eigenvalue weighted by Crippen LogP contribution is 2.39. The second-order valence-corrected chi connectivity index (χ2v) is 17.1. The van der Waals surface area contributed by atoms with Crippen molar-refractivity contribution in [1.29, 1.82) is 0 Å². The Kier molecular flexibility index (Phi) is 8.64. The molecule has 0 saturated carbocycles. The average molecular weight is 739 g/mol. The van der Waals surface area contributed by atoms with Gasteiger partial charge in [-0.05, 0) is 115 Å². The van der Waals surface area contributed by atoms with E-state index in [1.165, 1.54) is 43.6 Å². The predicted octanol–water partition coefficient (Wildman–Crippen LogP) is 10.2. The van der Waals surface area contributed by atoms with Crippen LogP contribution in [0.4, 0.5) is 0 Å². The molecule has 0 bridgehead atoms. The first-order valence-electron chi connectivity index (χ1n) is 19.6. The molecule has 0 unspecified atom stereocenters. The molecule has 2 saturated heterocycles. The molecule has 0 atom stereocenters. The number of hydrogen-bond acceptors (Lipinski definition) is 4. The Balaban J connectivity index is 0.000000146. The van der Waals surface area contributed by atoms with Crippen LogP contribution in [0.15, 0.2) is 146 Å². The zero-order chi connectivity index (χ0) is 39.0. The van der Waals surface area contributed by atoms with Gasteiger partial charge in [-0.15, -0.1) is 0 Å². The van der Waals surface area contributed by atoms with Crippen molar-refractivity contribution >= 4 is 68.8 Å². The van der Waals surface area contributed by atoms with Crippen LogP contribution in [0, 0.1) is 0 Å². The van der Waals surface area contributed by atoms with Gasteiger partial charge in [-0.1, -0.05) is 97.1 Å². The molecule has 280 valence electrons. The predicted molar refractivity (Wildman–Crippen MR) is 233 cm³/mol. The van der Waals surface area contributed by atoms with E-state index in [2.05, 4.69) is 198 Å². The van der Waals surface area contributed by atoms with Crippen molar-refractivity contribution in [2.24, 2.45) is 0 Å². The molecule has 2 fully saturated rings. The molecule has 10 rings (SSSR count). The lowest BCUT2D eigenvalue weighted by Gasteiger charge is -2.32. The zero-order valence-corrected chi connectivity index (χ0v) is 33.5. The van der Waals surface area contributed by atoms with Crippen LogP contribution in [-0.4, -0.2) is 45.8 Å². The summed E-state index contributed by atoms with van der Waals surface area (Å²) in [5, 5.41) is 4.90. The van der Waals surface area contributed by atoms with Crippen molar-refractivity contribution < 1.29 is 18.6 Å². The lowest BCUT2D eigenvalue weighted by Crippen LogP contribution is -2.41. The van der Waals surface area contributed by atoms with E-state index in [-0.39, 0.29) is 36.6 Å². The van der Waals surface area contributed by atoms with Gasteiger partial charge >= 0.3 is 14.2 Å². The van der Waals surface area contributed by atoms with Gasteiger partial charge in [0.15, 0.2) is 0 Å². The average Bonchev–Trinajstić information content (AvgIpc) is 3.84. The van der Waals surface area contributed by atoms with E-state index < -0.39 is 0 Å². The maximum Gasteiger partial charge on any atom is 0.494 e. The summed E-state index contributed by atoms with van der Waals surface area (Å²) < 4.78 is 29.7. The molecule has 56 heavy (non-hydrogen) atoms. The van der Waals surface area contributed by atoms with E-state index >= 15 is 0 Å². The van der Waals surface area contributed by atoms with Gasteiger partial charge in [0, 0.05) is 32.9 Å². The zero-order valence-electron chi connectivity index (χ0n) is 33.5. The van der Waals surface area contributed by atoms with E-state index in [0.717, 1.165) is 22.3 Å². The molecule has 0 radical (unpaired) electrons. The summed E-state index contributed by atoms with van der Waals surface area (Å²) in [6.07, 6.45) is 0. The molecule has 0 spiro atoms. The maximum atomic E-state index is 6.27. The Morgan fingerprint density at radius 3 is 1.00 bits per heavy atom. The first-order chi connectivity index (χ1) is 26.7. The number of fused-ring (bicyclic) bond motifs is 6. The summed E-state index contributed by atoms with van der Waals surface area (Å²) >= 11 is 0. The van der Waals surface area contributed by atoms with E-state index in [1.807, 2.05) is 12.1 Å². The summed E-state index contributed by atoms with van der Waals surface area (Å²) in [6, 6.07) is 51.2. The lowest BCUT2D eigenvalue weighted by molar-refractivity contribution is 0.00578. The molecule has 0 N–H and O–H groups in total. The highest BCUT2D eigenvalue weighted by molar-refractivity contribution is 6.63. The first kappa shape index (κ1) is 36.5. The standard InChI is InChI=1S/2C24H24BNO2/c2*1-23(2)24(3,4)28-25(27-23)17-14-15-22-20(16-17)19-12-8-9-13-21(19)26(22)18-10-6-5-7-11-18/h2*5-16H,1-4H3. The third kappa shape index (κ3) is 5.98. The molecule has 6 nitrogen and oxygen atoms in total. The Morgan fingerprint density at radius 1 is 0.339 bits per heavy atom. The van der Waals surface area contributed by atoms with E-state index in [0.29, 0.717) is 0 Å². The molecular formula is C48H48B2N2O4. The SMILES string of the molecule is CC1(C)OB(c2ccc3c(c2)c2ccccc2n3-c2ccccc2)OC1(C)C.CC1(C)OB(c2ccc3c(c2)c2ccccc2n3-c2ccccc2)OC1(C)C.